The number of unbranched alkanes of at least 4 members (excludes halogenated alkanes) is 1. The lowest BCUT2D eigenvalue weighted by molar-refractivity contribution is 0.172. The Morgan fingerprint density at radius 2 is 1.83 bits per heavy atom. The Balaban J connectivity index is 0.00000320. The molecule has 0 atom stereocenters. The van der Waals surface area contributed by atoms with Crippen LogP contribution in [0.3, 0.4) is 0 Å². The Bertz CT molecular complexity index is 798. The van der Waals surface area contributed by atoms with Gasteiger partial charge in [0.2, 0.25) is 0 Å². The minimum Gasteiger partial charge on any atom is -0.356 e. The summed E-state index contributed by atoms with van der Waals surface area (Å²) in [4.78, 5) is 9.70. The summed E-state index contributed by atoms with van der Waals surface area (Å²) < 4.78 is 2.00. The SMILES string of the molecule is CCCCNC(=NCc1nnc(C)n1C)N1CCN(Cc2ccc(Cl)cc2)CC1.I. The van der Waals surface area contributed by atoms with E-state index in [0.29, 0.717) is 6.54 Å². The number of benzene rings is 1. The molecule has 0 bridgehead atoms. The summed E-state index contributed by atoms with van der Waals surface area (Å²) in [5.41, 5.74) is 1.30. The molecule has 3 rings (SSSR count). The first kappa shape index (κ1) is 24.9. The largest absolute Gasteiger partial charge is 0.356 e. The Kier molecular flexibility index (Phi) is 10.3. The average Bonchev–Trinajstić information content (AvgIpc) is 3.05. The molecule has 0 unspecified atom stereocenters. The van der Waals surface area contributed by atoms with Crippen molar-refractivity contribution in [2.45, 2.75) is 39.8 Å². The van der Waals surface area contributed by atoms with Crippen LogP contribution in [0.2, 0.25) is 5.02 Å². The van der Waals surface area contributed by atoms with E-state index >= 15 is 0 Å². The monoisotopic (exact) mass is 545 g/mol. The molecule has 0 amide bonds. The van der Waals surface area contributed by atoms with Gasteiger partial charge in [-0.25, -0.2) is 4.99 Å². The number of aliphatic imine (C=N–C) groups is 1. The van der Waals surface area contributed by atoms with Crippen LogP contribution in [0.5, 0.6) is 0 Å². The smallest absolute Gasteiger partial charge is 0.194 e. The van der Waals surface area contributed by atoms with E-state index in [2.05, 4.69) is 44.4 Å². The molecule has 0 radical (unpaired) electrons. The number of nitrogens with one attached hydrogen (secondary N) is 1. The molecular formula is C21H33ClIN7. The first-order valence-electron chi connectivity index (χ1n) is 10.4. The Labute approximate surface area is 201 Å². The number of rotatable bonds is 7. The quantitative estimate of drug-likeness (QED) is 0.250. The molecule has 1 aromatic heterocycles. The Morgan fingerprint density at radius 3 is 2.43 bits per heavy atom. The van der Waals surface area contributed by atoms with Crippen LogP contribution in [0.1, 0.15) is 37.0 Å². The Hall–Kier alpha value is -1.39. The summed E-state index contributed by atoms with van der Waals surface area (Å²) in [5, 5.41) is 12.7. The summed E-state index contributed by atoms with van der Waals surface area (Å²) in [6, 6.07) is 8.14. The van der Waals surface area contributed by atoms with Crippen molar-refractivity contribution in [1.29, 1.82) is 0 Å². The van der Waals surface area contributed by atoms with Gasteiger partial charge in [0.1, 0.15) is 12.4 Å². The van der Waals surface area contributed by atoms with E-state index in [-0.39, 0.29) is 24.0 Å². The lowest BCUT2D eigenvalue weighted by Gasteiger charge is -2.36. The van der Waals surface area contributed by atoms with Crippen molar-refractivity contribution >= 4 is 41.5 Å². The van der Waals surface area contributed by atoms with E-state index in [1.807, 2.05) is 30.7 Å². The van der Waals surface area contributed by atoms with Gasteiger partial charge in [0, 0.05) is 51.3 Å². The van der Waals surface area contributed by atoms with Crippen LogP contribution in [0.25, 0.3) is 0 Å². The number of aromatic nitrogens is 3. The highest BCUT2D eigenvalue weighted by Gasteiger charge is 2.20. The van der Waals surface area contributed by atoms with Crippen LogP contribution in [-0.2, 0) is 20.1 Å². The average molecular weight is 546 g/mol. The second-order valence-corrected chi connectivity index (χ2v) is 7.97. The van der Waals surface area contributed by atoms with Gasteiger partial charge in [0.15, 0.2) is 11.8 Å². The number of hydrogen-bond acceptors (Lipinski definition) is 4. The Morgan fingerprint density at radius 1 is 1.13 bits per heavy atom. The van der Waals surface area contributed by atoms with Gasteiger partial charge in [0.25, 0.3) is 0 Å². The van der Waals surface area contributed by atoms with E-state index in [0.717, 1.165) is 74.7 Å². The second-order valence-electron chi connectivity index (χ2n) is 7.53. The summed E-state index contributed by atoms with van der Waals surface area (Å²) in [5.74, 6) is 2.77. The fourth-order valence-electron chi connectivity index (χ4n) is 3.34. The first-order valence-corrected chi connectivity index (χ1v) is 10.8. The number of halogens is 2. The van der Waals surface area contributed by atoms with E-state index in [9.17, 15) is 0 Å². The van der Waals surface area contributed by atoms with Crippen LogP contribution in [0.15, 0.2) is 29.3 Å². The van der Waals surface area contributed by atoms with Gasteiger partial charge in [-0.3, -0.25) is 4.90 Å². The van der Waals surface area contributed by atoms with Gasteiger partial charge in [-0.15, -0.1) is 34.2 Å². The topological polar surface area (TPSA) is 61.6 Å². The van der Waals surface area contributed by atoms with E-state index in [1.54, 1.807) is 0 Å². The van der Waals surface area contributed by atoms with Crippen molar-refractivity contribution in [2.24, 2.45) is 12.0 Å². The summed E-state index contributed by atoms with van der Waals surface area (Å²) in [7, 11) is 1.99. The van der Waals surface area contributed by atoms with Crippen molar-refractivity contribution in [2.75, 3.05) is 32.7 Å². The third-order valence-electron chi connectivity index (χ3n) is 5.36. The lowest BCUT2D eigenvalue weighted by atomic mass is 10.2. The van der Waals surface area contributed by atoms with Crippen molar-refractivity contribution in [1.82, 2.24) is 29.9 Å². The van der Waals surface area contributed by atoms with E-state index < -0.39 is 0 Å². The minimum absolute atomic E-state index is 0. The maximum atomic E-state index is 6.00. The van der Waals surface area contributed by atoms with Gasteiger partial charge in [0.05, 0.1) is 0 Å². The zero-order chi connectivity index (χ0) is 20.6. The van der Waals surface area contributed by atoms with Crippen LogP contribution >= 0.6 is 35.6 Å². The van der Waals surface area contributed by atoms with Crippen LogP contribution in [-0.4, -0.2) is 63.2 Å². The second kappa shape index (κ2) is 12.5. The highest BCUT2D eigenvalue weighted by Crippen LogP contribution is 2.13. The highest BCUT2D eigenvalue weighted by atomic mass is 127. The van der Waals surface area contributed by atoms with Crippen molar-refractivity contribution in [3.8, 4) is 0 Å². The summed E-state index contributed by atoms with van der Waals surface area (Å²) >= 11 is 6.00. The molecule has 30 heavy (non-hydrogen) atoms. The number of hydrogen-bond donors (Lipinski definition) is 1. The molecule has 1 N–H and O–H groups in total. The molecule has 1 aromatic carbocycles. The molecule has 0 aliphatic carbocycles. The molecule has 1 aliphatic rings. The molecule has 1 aliphatic heterocycles. The fraction of sp³-hybridized carbons (Fsp3) is 0.571. The third-order valence-corrected chi connectivity index (χ3v) is 5.61. The molecule has 1 fully saturated rings. The number of piperazine rings is 1. The predicted molar refractivity (Wildman–Crippen MR) is 134 cm³/mol. The van der Waals surface area contributed by atoms with Crippen molar-refractivity contribution in [3.63, 3.8) is 0 Å². The van der Waals surface area contributed by atoms with Gasteiger partial charge in [-0.05, 0) is 31.0 Å². The summed E-state index contributed by atoms with van der Waals surface area (Å²) in [6.07, 6.45) is 2.30. The fourth-order valence-corrected chi connectivity index (χ4v) is 3.47. The molecule has 166 valence electrons. The molecule has 9 heteroatoms. The molecule has 0 saturated carbocycles. The molecule has 0 spiro atoms. The van der Waals surface area contributed by atoms with Crippen LogP contribution in [0.4, 0.5) is 0 Å². The molecule has 7 nitrogen and oxygen atoms in total. The molecule has 2 heterocycles. The zero-order valence-electron chi connectivity index (χ0n) is 18.1. The van der Waals surface area contributed by atoms with Crippen LogP contribution < -0.4 is 5.32 Å². The van der Waals surface area contributed by atoms with E-state index in [4.69, 9.17) is 16.6 Å². The number of guanidine groups is 1. The predicted octanol–water partition coefficient (Wildman–Crippen LogP) is 3.46. The van der Waals surface area contributed by atoms with Crippen molar-refractivity contribution in [3.05, 3.63) is 46.5 Å². The normalized spacial score (nSPS) is 15.2. The van der Waals surface area contributed by atoms with Gasteiger partial charge >= 0.3 is 0 Å². The summed E-state index contributed by atoms with van der Waals surface area (Å²) in [6.45, 7) is 10.6. The minimum atomic E-state index is 0. The standard InChI is InChI=1S/C21H32ClN7.HI/c1-4-5-10-23-21(24-15-20-26-25-17(2)27(20)3)29-13-11-28(12-14-29)16-18-6-8-19(22)9-7-18;/h6-9H,4-5,10-16H2,1-3H3,(H,23,24);1H. The zero-order valence-corrected chi connectivity index (χ0v) is 21.2. The van der Waals surface area contributed by atoms with Gasteiger partial charge in [-0.2, -0.15) is 0 Å². The number of aryl methyl sites for hydroxylation is 1. The molecular weight excluding hydrogens is 513 g/mol. The first-order chi connectivity index (χ1) is 14.1. The molecule has 1 saturated heterocycles. The lowest BCUT2D eigenvalue weighted by Crippen LogP contribution is -2.52. The third kappa shape index (κ3) is 7.09. The van der Waals surface area contributed by atoms with Crippen molar-refractivity contribution < 1.29 is 0 Å². The van der Waals surface area contributed by atoms with Gasteiger partial charge < -0.3 is 14.8 Å². The maximum Gasteiger partial charge on any atom is 0.194 e. The maximum absolute atomic E-state index is 6.00. The highest BCUT2D eigenvalue weighted by molar-refractivity contribution is 14.0. The van der Waals surface area contributed by atoms with Gasteiger partial charge in [-0.1, -0.05) is 37.1 Å². The molecule has 2 aromatic rings. The number of nitrogens with zero attached hydrogens (tertiary/aromatic N) is 6. The van der Waals surface area contributed by atoms with Crippen LogP contribution in [0, 0.1) is 6.92 Å². The van der Waals surface area contributed by atoms with E-state index in [1.165, 1.54) is 5.56 Å².